The van der Waals surface area contributed by atoms with Gasteiger partial charge >= 0.3 is 5.97 Å². The number of amides is 1. The van der Waals surface area contributed by atoms with E-state index in [1.807, 2.05) is 58.9 Å². The summed E-state index contributed by atoms with van der Waals surface area (Å²) in [5.74, 6) is -0.590. The van der Waals surface area contributed by atoms with Gasteiger partial charge in [0, 0.05) is 44.5 Å². The largest absolute Gasteiger partial charge is 0.494 e. The molecule has 3 aromatic heterocycles. The number of anilines is 1. The maximum atomic E-state index is 15.0. The molecule has 1 unspecified atom stereocenters. The number of carbonyl (C=O) groups excluding carboxylic acids is 1. The third-order valence-corrected chi connectivity index (χ3v) is 10.7. The van der Waals surface area contributed by atoms with Crippen molar-refractivity contribution in [1.82, 2.24) is 19.5 Å². The predicted octanol–water partition coefficient (Wildman–Crippen LogP) is 9.03. The van der Waals surface area contributed by atoms with E-state index in [9.17, 15) is 14.7 Å². The highest BCUT2D eigenvalue weighted by Crippen LogP contribution is 2.45. The molecule has 11 heteroatoms. The van der Waals surface area contributed by atoms with Crippen LogP contribution in [0.15, 0.2) is 67.1 Å². The molecule has 6 aromatic rings. The lowest BCUT2D eigenvalue weighted by atomic mass is 9.98. The van der Waals surface area contributed by atoms with Gasteiger partial charge in [-0.25, -0.2) is 14.8 Å². The monoisotopic (exact) mass is 707 g/mol. The molecule has 254 valence electrons. The number of halogens is 2. The Morgan fingerprint density at radius 2 is 1.68 bits per heavy atom. The summed E-state index contributed by atoms with van der Waals surface area (Å²) in [5.41, 5.74) is 8.05. The number of ether oxygens (including phenoxy) is 1. The summed E-state index contributed by atoms with van der Waals surface area (Å²) in [6.45, 7) is 10.3. The van der Waals surface area contributed by atoms with Crippen LogP contribution >= 0.6 is 23.2 Å². The minimum absolute atomic E-state index is 0.0620. The van der Waals surface area contributed by atoms with Crippen LogP contribution in [-0.2, 0) is 6.42 Å². The van der Waals surface area contributed by atoms with E-state index < -0.39 is 11.5 Å². The van der Waals surface area contributed by atoms with Crippen molar-refractivity contribution in [2.45, 2.75) is 59.0 Å². The Kier molecular flexibility index (Phi) is 8.74. The normalized spacial score (nSPS) is 15.9. The number of aryl methyl sites for hydroxylation is 5. The molecule has 0 aliphatic carbocycles. The van der Waals surface area contributed by atoms with Crippen LogP contribution in [0.2, 0.25) is 5.02 Å². The Balaban J connectivity index is 1.37. The van der Waals surface area contributed by atoms with Crippen molar-refractivity contribution >= 4 is 62.6 Å². The van der Waals surface area contributed by atoms with Crippen LogP contribution in [0.4, 0.5) is 5.69 Å². The van der Waals surface area contributed by atoms with Gasteiger partial charge in [-0.3, -0.25) is 14.7 Å². The molecule has 50 heavy (non-hydrogen) atoms. The number of carboxylic acid groups (broad SMARTS) is 1. The number of pyridine rings is 1. The third-order valence-electron chi connectivity index (χ3n) is 9.54. The van der Waals surface area contributed by atoms with Crippen molar-refractivity contribution in [1.29, 1.82) is 0 Å². The number of rotatable bonds is 8. The fraction of sp³-hybridized carbons (Fsp3) is 0.256. The van der Waals surface area contributed by atoms with Crippen LogP contribution in [0.25, 0.3) is 32.9 Å². The van der Waals surface area contributed by atoms with E-state index in [4.69, 9.17) is 27.9 Å². The summed E-state index contributed by atoms with van der Waals surface area (Å²) >= 11 is 13.7. The zero-order chi connectivity index (χ0) is 35.4. The van der Waals surface area contributed by atoms with E-state index in [1.54, 1.807) is 35.5 Å². The number of benzene rings is 3. The molecule has 0 saturated heterocycles. The molecule has 0 spiro atoms. The Morgan fingerprint density at radius 3 is 2.38 bits per heavy atom. The number of fused-ring (bicyclic) bond motifs is 4. The highest BCUT2D eigenvalue weighted by molar-refractivity contribution is 6.32. The Morgan fingerprint density at radius 1 is 0.980 bits per heavy atom. The average molecular weight is 709 g/mol. The quantitative estimate of drug-likeness (QED) is 0.0955. The first-order chi connectivity index (χ1) is 24.0. The smallest absolute Gasteiger partial charge is 0.337 e. The first-order valence-electron chi connectivity index (χ1n) is 16.4. The Labute approximate surface area is 299 Å². The van der Waals surface area contributed by atoms with Gasteiger partial charge in [-0.1, -0.05) is 53.5 Å². The lowest BCUT2D eigenvalue weighted by Gasteiger charge is -2.38. The molecular formula is C39H35Cl2N5O4. The number of carboxylic acids is 1. The van der Waals surface area contributed by atoms with E-state index >= 15 is 0 Å². The van der Waals surface area contributed by atoms with Gasteiger partial charge in [0.2, 0.25) is 0 Å². The van der Waals surface area contributed by atoms with E-state index in [2.05, 4.69) is 25.6 Å². The topological polar surface area (TPSA) is 110 Å². The number of aromatic nitrogens is 4. The number of nitrogens with zero attached hydrogens (tertiary/aromatic N) is 5. The second kappa shape index (κ2) is 13.0. The van der Waals surface area contributed by atoms with Gasteiger partial charge in [0.15, 0.2) is 0 Å². The standard InChI is InChI=1S/C39H35Cl2N5O4/c1-20-15-27(16-21(2)33(20)40)50-14-8-12-29-28-10-7-11-30(32-22(3)43-19-44-23(32)4)35(28)45-24(5)37(41)46(38(47)36(29)45)31-13-6-9-25-17-26(39(48)49)18-42-34(25)31/h6-7,9-11,13,15-19,24,37H,8,12,14H2,1-5H3,(H,48,49)/t24-,37?/m1/s1. The molecule has 0 radical (unpaired) electrons. The minimum atomic E-state index is -1.08. The number of aromatic carboxylic acids is 1. The van der Waals surface area contributed by atoms with Crippen molar-refractivity contribution in [3.8, 4) is 16.9 Å². The van der Waals surface area contributed by atoms with E-state index in [0.29, 0.717) is 41.7 Å². The van der Waals surface area contributed by atoms with Crippen LogP contribution in [-0.4, -0.2) is 48.6 Å². The van der Waals surface area contributed by atoms with Crippen LogP contribution < -0.4 is 9.64 Å². The Hall–Kier alpha value is -4.99. The molecule has 3 aromatic carbocycles. The number of hydrogen-bond acceptors (Lipinski definition) is 6. The zero-order valence-electron chi connectivity index (χ0n) is 28.3. The van der Waals surface area contributed by atoms with Gasteiger partial charge in [0.05, 0.1) is 34.9 Å². The molecule has 0 fully saturated rings. The summed E-state index contributed by atoms with van der Waals surface area (Å²) in [7, 11) is 0. The predicted molar refractivity (Wildman–Crippen MR) is 197 cm³/mol. The lowest BCUT2D eigenvalue weighted by molar-refractivity contribution is 0.0696. The van der Waals surface area contributed by atoms with Crippen LogP contribution in [0.1, 0.15) is 68.3 Å². The molecule has 0 saturated carbocycles. The van der Waals surface area contributed by atoms with E-state index in [0.717, 1.165) is 60.9 Å². The number of hydrogen-bond donors (Lipinski definition) is 1. The van der Waals surface area contributed by atoms with Crippen molar-refractivity contribution in [3.63, 3.8) is 0 Å². The fourth-order valence-electron chi connectivity index (χ4n) is 7.20. The highest BCUT2D eigenvalue weighted by Gasteiger charge is 2.42. The summed E-state index contributed by atoms with van der Waals surface area (Å²) < 4.78 is 8.26. The number of para-hydroxylation sites is 2. The minimum Gasteiger partial charge on any atom is -0.494 e. The second-order valence-electron chi connectivity index (χ2n) is 12.8. The molecular weight excluding hydrogens is 673 g/mol. The number of alkyl halides is 1. The van der Waals surface area contributed by atoms with Gasteiger partial charge in [0.1, 0.15) is 23.3 Å². The molecule has 1 aliphatic rings. The van der Waals surface area contributed by atoms with Crippen molar-refractivity contribution < 1.29 is 19.4 Å². The van der Waals surface area contributed by atoms with Crippen molar-refractivity contribution in [2.24, 2.45) is 0 Å². The fourth-order valence-corrected chi connectivity index (χ4v) is 7.62. The van der Waals surface area contributed by atoms with Crippen LogP contribution in [0.5, 0.6) is 5.75 Å². The molecule has 0 bridgehead atoms. The number of carbonyl (C=O) groups is 2. The zero-order valence-corrected chi connectivity index (χ0v) is 29.8. The highest BCUT2D eigenvalue weighted by atomic mass is 35.5. The summed E-state index contributed by atoms with van der Waals surface area (Å²) in [4.78, 5) is 41.7. The summed E-state index contributed by atoms with van der Waals surface area (Å²) in [6, 6.07) is 16.5. The molecule has 1 aliphatic heterocycles. The average Bonchev–Trinajstić information content (AvgIpc) is 3.43. The summed E-state index contributed by atoms with van der Waals surface area (Å²) in [6.07, 6.45) is 4.07. The van der Waals surface area contributed by atoms with Gasteiger partial charge < -0.3 is 14.4 Å². The molecule has 1 amide bonds. The molecule has 2 atom stereocenters. The van der Waals surface area contributed by atoms with Gasteiger partial charge in [-0.15, -0.1) is 0 Å². The van der Waals surface area contributed by atoms with E-state index in [-0.39, 0.29) is 17.5 Å². The van der Waals surface area contributed by atoms with Crippen molar-refractivity contribution in [3.05, 3.63) is 111 Å². The van der Waals surface area contributed by atoms with Crippen LogP contribution in [0, 0.1) is 27.7 Å². The summed E-state index contributed by atoms with van der Waals surface area (Å²) in [5, 5.41) is 11.8. The molecule has 7 rings (SSSR count). The molecule has 1 N–H and O–H groups in total. The van der Waals surface area contributed by atoms with Gasteiger partial charge in [-0.2, -0.15) is 0 Å². The second-order valence-corrected chi connectivity index (χ2v) is 13.6. The first kappa shape index (κ1) is 33.5. The maximum Gasteiger partial charge on any atom is 0.337 e. The van der Waals surface area contributed by atoms with E-state index in [1.165, 1.54) is 6.20 Å². The van der Waals surface area contributed by atoms with Gasteiger partial charge in [0.25, 0.3) is 5.91 Å². The third kappa shape index (κ3) is 5.54. The maximum absolute atomic E-state index is 15.0. The molecule has 9 nitrogen and oxygen atoms in total. The first-order valence-corrected chi connectivity index (χ1v) is 17.2. The SMILES string of the molecule is Cc1cc(OCCCc2c3n(c4c(-c5c(C)ncnc5C)cccc24)[C@H](C)C(Cl)N(c2cccc4cc(C(=O)O)cnc24)C3=O)cc(C)c1Cl. The van der Waals surface area contributed by atoms with Crippen LogP contribution in [0.3, 0.4) is 0 Å². The van der Waals surface area contributed by atoms with Gasteiger partial charge in [-0.05, 0) is 88.4 Å². The molecule has 4 heterocycles. The van der Waals surface area contributed by atoms with Crippen molar-refractivity contribution in [2.75, 3.05) is 11.5 Å². The lowest BCUT2D eigenvalue weighted by Crippen LogP contribution is -2.48. The Bertz CT molecular complexity index is 2310.